The van der Waals surface area contributed by atoms with E-state index < -0.39 is 0 Å². The standard InChI is InChI=1S/C16H20N4O2/c1-12(21)9-15-3-2-8-19(15)16(22)13-4-6-14(7-5-13)20-11-17-10-18-20/h4-7,10-12,15,21H,2-3,8-9H2,1H3. The van der Waals surface area contributed by atoms with Gasteiger partial charge in [-0.3, -0.25) is 4.79 Å². The topological polar surface area (TPSA) is 71.2 Å². The number of aliphatic hydroxyl groups excluding tert-OH is 1. The van der Waals surface area contributed by atoms with E-state index in [4.69, 9.17) is 0 Å². The van der Waals surface area contributed by atoms with Gasteiger partial charge in [-0.2, -0.15) is 5.10 Å². The minimum atomic E-state index is -0.381. The van der Waals surface area contributed by atoms with Gasteiger partial charge in [0.05, 0.1) is 11.8 Å². The molecule has 1 saturated heterocycles. The molecule has 0 aliphatic carbocycles. The van der Waals surface area contributed by atoms with Crippen molar-refractivity contribution in [1.29, 1.82) is 0 Å². The Hall–Kier alpha value is -2.21. The van der Waals surface area contributed by atoms with Crippen LogP contribution >= 0.6 is 0 Å². The summed E-state index contributed by atoms with van der Waals surface area (Å²) in [5, 5.41) is 13.6. The number of hydrogen-bond donors (Lipinski definition) is 1. The third-order valence-corrected chi connectivity index (χ3v) is 4.05. The van der Waals surface area contributed by atoms with Gasteiger partial charge < -0.3 is 10.0 Å². The van der Waals surface area contributed by atoms with Crippen molar-refractivity contribution in [2.75, 3.05) is 6.54 Å². The van der Waals surface area contributed by atoms with E-state index in [1.165, 1.54) is 6.33 Å². The molecule has 1 aromatic carbocycles. The van der Waals surface area contributed by atoms with E-state index in [1.807, 2.05) is 29.2 Å². The van der Waals surface area contributed by atoms with Crippen LogP contribution in [0.15, 0.2) is 36.9 Å². The van der Waals surface area contributed by atoms with Crippen molar-refractivity contribution in [3.8, 4) is 5.69 Å². The summed E-state index contributed by atoms with van der Waals surface area (Å²) in [6.07, 6.45) is 5.32. The summed E-state index contributed by atoms with van der Waals surface area (Å²) in [4.78, 5) is 18.4. The van der Waals surface area contributed by atoms with E-state index in [2.05, 4.69) is 10.1 Å². The maximum atomic E-state index is 12.6. The maximum absolute atomic E-state index is 12.6. The third kappa shape index (κ3) is 3.01. The second kappa shape index (κ2) is 6.27. The maximum Gasteiger partial charge on any atom is 0.254 e. The lowest BCUT2D eigenvalue weighted by Crippen LogP contribution is -2.37. The lowest BCUT2D eigenvalue weighted by molar-refractivity contribution is 0.0682. The average Bonchev–Trinajstić information content (AvgIpc) is 3.17. The van der Waals surface area contributed by atoms with Gasteiger partial charge in [-0.05, 0) is 50.5 Å². The van der Waals surface area contributed by atoms with Crippen LogP contribution in [0, 0.1) is 0 Å². The van der Waals surface area contributed by atoms with Crippen molar-refractivity contribution in [3.05, 3.63) is 42.5 Å². The molecule has 0 radical (unpaired) electrons. The van der Waals surface area contributed by atoms with Crippen LogP contribution in [-0.2, 0) is 0 Å². The molecular formula is C16H20N4O2. The fourth-order valence-corrected chi connectivity index (χ4v) is 3.01. The fraction of sp³-hybridized carbons (Fsp3) is 0.438. The summed E-state index contributed by atoms with van der Waals surface area (Å²) in [5.41, 5.74) is 1.54. The highest BCUT2D eigenvalue weighted by Gasteiger charge is 2.30. The average molecular weight is 300 g/mol. The molecule has 0 spiro atoms. The quantitative estimate of drug-likeness (QED) is 0.932. The first-order valence-corrected chi connectivity index (χ1v) is 7.59. The van der Waals surface area contributed by atoms with Crippen molar-refractivity contribution >= 4 is 5.91 Å². The summed E-state index contributed by atoms with van der Waals surface area (Å²) in [5.74, 6) is 0.0355. The van der Waals surface area contributed by atoms with Crippen molar-refractivity contribution in [1.82, 2.24) is 19.7 Å². The number of carbonyl (C=O) groups is 1. The van der Waals surface area contributed by atoms with Gasteiger partial charge in [0.15, 0.2) is 0 Å². The van der Waals surface area contributed by atoms with Gasteiger partial charge in [-0.25, -0.2) is 9.67 Å². The Morgan fingerprint density at radius 3 is 2.82 bits per heavy atom. The molecule has 1 aromatic heterocycles. The smallest absolute Gasteiger partial charge is 0.254 e. The molecule has 22 heavy (non-hydrogen) atoms. The van der Waals surface area contributed by atoms with Crippen LogP contribution in [0.4, 0.5) is 0 Å². The Bertz CT molecular complexity index is 622. The minimum absolute atomic E-state index is 0.0355. The van der Waals surface area contributed by atoms with E-state index in [0.717, 1.165) is 25.1 Å². The molecule has 116 valence electrons. The van der Waals surface area contributed by atoms with Gasteiger partial charge in [-0.1, -0.05) is 0 Å². The van der Waals surface area contributed by atoms with Crippen LogP contribution in [0.3, 0.4) is 0 Å². The van der Waals surface area contributed by atoms with E-state index in [9.17, 15) is 9.90 Å². The SMILES string of the molecule is CC(O)CC1CCCN1C(=O)c1ccc(-n2cncn2)cc1. The molecule has 2 aromatic rings. The Morgan fingerprint density at radius 1 is 1.41 bits per heavy atom. The first-order valence-electron chi connectivity index (χ1n) is 7.59. The highest BCUT2D eigenvalue weighted by molar-refractivity contribution is 5.94. The minimum Gasteiger partial charge on any atom is -0.393 e. The Balaban J connectivity index is 1.74. The van der Waals surface area contributed by atoms with Gasteiger partial charge in [0.2, 0.25) is 0 Å². The van der Waals surface area contributed by atoms with Gasteiger partial charge in [-0.15, -0.1) is 0 Å². The molecule has 2 heterocycles. The van der Waals surface area contributed by atoms with E-state index in [0.29, 0.717) is 12.0 Å². The predicted molar refractivity (Wildman–Crippen MR) is 81.7 cm³/mol. The molecule has 1 N–H and O–H groups in total. The second-order valence-electron chi connectivity index (χ2n) is 5.77. The number of likely N-dealkylation sites (tertiary alicyclic amines) is 1. The summed E-state index contributed by atoms with van der Waals surface area (Å²) < 4.78 is 1.65. The van der Waals surface area contributed by atoms with Crippen molar-refractivity contribution in [2.45, 2.75) is 38.3 Å². The lowest BCUT2D eigenvalue weighted by atomic mass is 10.1. The van der Waals surface area contributed by atoms with Crippen molar-refractivity contribution < 1.29 is 9.90 Å². The number of aromatic nitrogens is 3. The summed E-state index contributed by atoms with van der Waals surface area (Å²) in [6, 6.07) is 7.50. The number of hydrogen-bond acceptors (Lipinski definition) is 4. The summed E-state index contributed by atoms with van der Waals surface area (Å²) in [6.45, 7) is 2.54. The van der Waals surface area contributed by atoms with Gasteiger partial charge in [0.1, 0.15) is 12.7 Å². The van der Waals surface area contributed by atoms with Crippen LogP contribution < -0.4 is 0 Å². The zero-order valence-corrected chi connectivity index (χ0v) is 12.6. The number of rotatable bonds is 4. The monoisotopic (exact) mass is 300 g/mol. The van der Waals surface area contributed by atoms with Gasteiger partial charge in [0, 0.05) is 18.2 Å². The van der Waals surface area contributed by atoms with Crippen LogP contribution in [0.1, 0.15) is 36.5 Å². The summed E-state index contributed by atoms with van der Waals surface area (Å²) >= 11 is 0. The first-order chi connectivity index (χ1) is 10.6. The van der Waals surface area contributed by atoms with Crippen molar-refractivity contribution in [3.63, 3.8) is 0 Å². The van der Waals surface area contributed by atoms with Crippen LogP contribution in [0.2, 0.25) is 0 Å². The normalized spacial score (nSPS) is 19.4. The third-order valence-electron chi connectivity index (χ3n) is 4.05. The number of nitrogens with zero attached hydrogens (tertiary/aromatic N) is 4. The van der Waals surface area contributed by atoms with Gasteiger partial charge in [0.25, 0.3) is 5.91 Å². The molecule has 6 heteroatoms. The molecular weight excluding hydrogens is 280 g/mol. The zero-order chi connectivity index (χ0) is 15.5. The number of carbonyl (C=O) groups excluding carboxylic acids is 1. The number of aliphatic hydroxyl groups is 1. The molecule has 3 rings (SSSR count). The van der Waals surface area contributed by atoms with Crippen LogP contribution in [0.5, 0.6) is 0 Å². The molecule has 1 aliphatic rings. The predicted octanol–water partition coefficient (Wildman–Crippen LogP) is 1.64. The molecule has 1 fully saturated rings. The van der Waals surface area contributed by atoms with E-state index in [-0.39, 0.29) is 18.1 Å². The lowest BCUT2D eigenvalue weighted by Gasteiger charge is -2.25. The molecule has 6 nitrogen and oxygen atoms in total. The fourth-order valence-electron chi connectivity index (χ4n) is 3.01. The Kier molecular flexibility index (Phi) is 4.20. The number of amides is 1. The van der Waals surface area contributed by atoms with Crippen LogP contribution in [0.25, 0.3) is 5.69 Å². The first kappa shape index (κ1) is 14.7. The highest BCUT2D eigenvalue weighted by atomic mass is 16.3. The Labute approximate surface area is 129 Å². The zero-order valence-electron chi connectivity index (χ0n) is 12.6. The largest absolute Gasteiger partial charge is 0.393 e. The van der Waals surface area contributed by atoms with E-state index in [1.54, 1.807) is 17.9 Å². The molecule has 2 unspecified atom stereocenters. The Morgan fingerprint density at radius 2 is 2.18 bits per heavy atom. The molecule has 2 atom stereocenters. The summed E-state index contributed by atoms with van der Waals surface area (Å²) in [7, 11) is 0. The van der Waals surface area contributed by atoms with Gasteiger partial charge >= 0.3 is 0 Å². The van der Waals surface area contributed by atoms with Crippen molar-refractivity contribution in [2.24, 2.45) is 0 Å². The second-order valence-corrected chi connectivity index (χ2v) is 5.77. The highest BCUT2D eigenvalue weighted by Crippen LogP contribution is 2.24. The molecule has 0 saturated carbocycles. The number of benzene rings is 1. The molecule has 0 bridgehead atoms. The molecule has 1 amide bonds. The van der Waals surface area contributed by atoms with E-state index >= 15 is 0 Å². The molecule has 1 aliphatic heterocycles. The van der Waals surface area contributed by atoms with Crippen LogP contribution in [-0.4, -0.2) is 49.4 Å².